The minimum atomic E-state index is -0.262. The predicted octanol–water partition coefficient (Wildman–Crippen LogP) is 1.82. The molecule has 0 saturated carbocycles. The van der Waals surface area contributed by atoms with E-state index in [-0.39, 0.29) is 18.1 Å². The molecule has 3 rings (SSSR count). The Morgan fingerprint density at radius 2 is 2.09 bits per heavy atom. The minimum absolute atomic E-state index is 0.0661. The fourth-order valence-corrected chi connectivity index (χ4v) is 4.40. The van der Waals surface area contributed by atoms with E-state index >= 15 is 0 Å². The summed E-state index contributed by atoms with van der Waals surface area (Å²) in [6, 6.07) is 3.87. The summed E-state index contributed by atoms with van der Waals surface area (Å²) in [5, 5.41) is 21.5. The van der Waals surface area contributed by atoms with E-state index in [1.165, 1.54) is 11.3 Å². The van der Waals surface area contributed by atoms with E-state index in [1.54, 1.807) is 11.0 Å². The third-order valence-electron chi connectivity index (χ3n) is 4.88. The van der Waals surface area contributed by atoms with Crippen molar-refractivity contribution in [3.8, 4) is 6.07 Å². The van der Waals surface area contributed by atoms with Crippen molar-refractivity contribution in [1.29, 1.82) is 5.26 Å². The third-order valence-corrected chi connectivity index (χ3v) is 5.82. The van der Waals surface area contributed by atoms with Gasteiger partial charge in [-0.3, -0.25) is 9.69 Å². The summed E-state index contributed by atoms with van der Waals surface area (Å²) in [6.07, 6.45) is 2.46. The summed E-state index contributed by atoms with van der Waals surface area (Å²) in [7, 11) is 0. The Morgan fingerprint density at radius 3 is 2.73 bits per heavy atom. The first kappa shape index (κ1) is 15.5. The Balaban J connectivity index is 1.66. The summed E-state index contributed by atoms with van der Waals surface area (Å²) in [5.74, 6) is 0.473. The zero-order valence-electron chi connectivity index (χ0n) is 12.7. The fourth-order valence-electron chi connectivity index (χ4n) is 3.51. The highest BCUT2D eigenvalue weighted by Gasteiger charge is 2.39. The number of hydrogen-bond acceptors (Lipinski definition) is 5. The average Bonchev–Trinajstić information content (AvgIpc) is 3.13. The van der Waals surface area contributed by atoms with Crippen LogP contribution in [-0.4, -0.2) is 47.7 Å². The first-order chi connectivity index (χ1) is 10.6. The molecule has 0 aliphatic carbocycles. The second-order valence-corrected chi connectivity index (χ2v) is 7.05. The number of anilines is 1. The Morgan fingerprint density at radius 1 is 1.36 bits per heavy atom. The molecule has 1 aromatic rings. The van der Waals surface area contributed by atoms with Gasteiger partial charge < -0.3 is 10.0 Å². The molecular formula is C16H21N3O2S. The SMILES string of the molecule is CC(O)C1CCN(C2CCN(c3sccc3C#N)C2=O)CC1. The summed E-state index contributed by atoms with van der Waals surface area (Å²) in [5.41, 5.74) is 0.590. The highest BCUT2D eigenvalue weighted by Crippen LogP contribution is 2.33. The number of likely N-dealkylation sites (tertiary alicyclic amines) is 1. The van der Waals surface area contributed by atoms with Crippen molar-refractivity contribution in [2.75, 3.05) is 24.5 Å². The van der Waals surface area contributed by atoms with Gasteiger partial charge in [0.2, 0.25) is 5.91 Å². The number of nitrogens with zero attached hydrogens (tertiary/aromatic N) is 3. The molecule has 3 heterocycles. The maximum absolute atomic E-state index is 12.7. The van der Waals surface area contributed by atoms with Gasteiger partial charge in [0.05, 0.1) is 17.7 Å². The van der Waals surface area contributed by atoms with Gasteiger partial charge in [0.15, 0.2) is 0 Å². The zero-order valence-corrected chi connectivity index (χ0v) is 13.6. The molecule has 0 aromatic carbocycles. The highest BCUT2D eigenvalue weighted by atomic mass is 32.1. The van der Waals surface area contributed by atoms with Crippen LogP contribution in [0.1, 0.15) is 31.7 Å². The van der Waals surface area contributed by atoms with Crippen LogP contribution in [0.25, 0.3) is 0 Å². The maximum Gasteiger partial charge on any atom is 0.245 e. The lowest BCUT2D eigenvalue weighted by Gasteiger charge is -2.36. The minimum Gasteiger partial charge on any atom is -0.393 e. The monoisotopic (exact) mass is 319 g/mol. The second-order valence-electron chi connectivity index (χ2n) is 6.16. The van der Waals surface area contributed by atoms with Crippen LogP contribution in [0.3, 0.4) is 0 Å². The van der Waals surface area contributed by atoms with Gasteiger partial charge in [0.25, 0.3) is 0 Å². The van der Waals surface area contributed by atoms with E-state index in [9.17, 15) is 9.90 Å². The molecule has 0 bridgehead atoms. The van der Waals surface area contributed by atoms with Crippen molar-refractivity contribution in [2.45, 2.75) is 38.3 Å². The highest BCUT2D eigenvalue weighted by molar-refractivity contribution is 7.14. The molecule has 2 saturated heterocycles. The molecule has 0 radical (unpaired) electrons. The van der Waals surface area contributed by atoms with Gasteiger partial charge in [0.1, 0.15) is 11.1 Å². The first-order valence-corrected chi connectivity index (χ1v) is 8.71. The molecule has 5 nitrogen and oxygen atoms in total. The van der Waals surface area contributed by atoms with Crippen LogP contribution in [0, 0.1) is 17.2 Å². The van der Waals surface area contributed by atoms with Crippen molar-refractivity contribution < 1.29 is 9.90 Å². The molecule has 2 fully saturated rings. The Labute approximate surface area is 134 Å². The van der Waals surface area contributed by atoms with Gasteiger partial charge in [-0.25, -0.2) is 0 Å². The van der Waals surface area contributed by atoms with Crippen LogP contribution in [0.4, 0.5) is 5.00 Å². The van der Waals surface area contributed by atoms with Crippen molar-refractivity contribution in [1.82, 2.24) is 4.90 Å². The standard InChI is InChI=1S/C16H21N3O2S/c1-11(20)12-2-6-18(7-3-12)14-4-8-19(15(14)21)16-13(10-17)5-9-22-16/h5,9,11-12,14,20H,2-4,6-8H2,1H3. The van der Waals surface area contributed by atoms with Crippen LogP contribution in [0.2, 0.25) is 0 Å². The Bertz CT molecular complexity index is 584. The molecular weight excluding hydrogens is 298 g/mol. The molecule has 2 unspecified atom stereocenters. The number of nitriles is 1. The van der Waals surface area contributed by atoms with Gasteiger partial charge in [-0.15, -0.1) is 11.3 Å². The van der Waals surface area contributed by atoms with E-state index in [2.05, 4.69) is 11.0 Å². The smallest absolute Gasteiger partial charge is 0.245 e. The molecule has 22 heavy (non-hydrogen) atoms. The van der Waals surface area contributed by atoms with E-state index < -0.39 is 0 Å². The molecule has 1 amide bonds. The summed E-state index contributed by atoms with van der Waals surface area (Å²) in [4.78, 5) is 16.7. The number of aliphatic hydroxyl groups excluding tert-OH is 1. The van der Waals surface area contributed by atoms with Crippen LogP contribution >= 0.6 is 11.3 Å². The van der Waals surface area contributed by atoms with E-state index in [1.807, 2.05) is 12.3 Å². The third kappa shape index (κ3) is 2.76. The van der Waals surface area contributed by atoms with Crippen molar-refractivity contribution >= 4 is 22.2 Å². The number of rotatable bonds is 3. The van der Waals surface area contributed by atoms with Gasteiger partial charge in [-0.1, -0.05) is 0 Å². The van der Waals surface area contributed by atoms with Crippen molar-refractivity contribution in [2.24, 2.45) is 5.92 Å². The van der Waals surface area contributed by atoms with Crippen molar-refractivity contribution in [3.05, 3.63) is 17.0 Å². The van der Waals surface area contributed by atoms with E-state index in [0.29, 0.717) is 18.0 Å². The van der Waals surface area contributed by atoms with Crippen LogP contribution in [0.15, 0.2) is 11.4 Å². The van der Waals surface area contributed by atoms with E-state index in [4.69, 9.17) is 5.26 Å². The number of piperidine rings is 1. The number of aliphatic hydroxyl groups is 1. The van der Waals surface area contributed by atoms with Gasteiger partial charge in [-0.2, -0.15) is 5.26 Å². The molecule has 2 aliphatic rings. The predicted molar refractivity (Wildman–Crippen MR) is 85.8 cm³/mol. The van der Waals surface area contributed by atoms with Crippen molar-refractivity contribution in [3.63, 3.8) is 0 Å². The van der Waals surface area contributed by atoms with Crippen LogP contribution in [-0.2, 0) is 4.79 Å². The molecule has 2 aliphatic heterocycles. The lowest BCUT2D eigenvalue weighted by atomic mass is 9.91. The van der Waals surface area contributed by atoms with Crippen LogP contribution < -0.4 is 4.90 Å². The Kier molecular flexibility index (Phi) is 4.48. The van der Waals surface area contributed by atoms with E-state index in [0.717, 1.165) is 37.4 Å². The number of thiophene rings is 1. The summed E-state index contributed by atoms with van der Waals surface area (Å²) < 4.78 is 0. The van der Waals surface area contributed by atoms with Gasteiger partial charge in [-0.05, 0) is 56.6 Å². The number of carbonyl (C=O) groups excluding carboxylic acids is 1. The normalized spacial score (nSPS) is 25.4. The molecule has 118 valence electrons. The fraction of sp³-hybridized carbons (Fsp3) is 0.625. The number of amides is 1. The molecule has 1 aromatic heterocycles. The lowest BCUT2D eigenvalue weighted by Crippen LogP contribution is -2.47. The lowest BCUT2D eigenvalue weighted by molar-refractivity contribution is -0.122. The van der Waals surface area contributed by atoms with Gasteiger partial charge in [0, 0.05) is 6.54 Å². The van der Waals surface area contributed by atoms with Crippen LogP contribution in [0.5, 0.6) is 0 Å². The summed E-state index contributed by atoms with van der Waals surface area (Å²) in [6.45, 7) is 4.28. The topological polar surface area (TPSA) is 67.6 Å². The summed E-state index contributed by atoms with van der Waals surface area (Å²) >= 11 is 1.46. The zero-order chi connectivity index (χ0) is 15.7. The molecule has 0 spiro atoms. The first-order valence-electron chi connectivity index (χ1n) is 7.83. The molecule has 6 heteroatoms. The van der Waals surface area contributed by atoms with Gasteiger partial charge >= 0.3 is 0 Å². The molecule has 1 N–H and O–H groups in total. The second kappa shape index (κ2) is 6.37. The average molecular weight is 319 g/mol. The number of hydrogen-bond donors (Lipinski definition) is 1. The number of carbonyl (C=O) groups is 1. The Hall–Kier alpha value is -1.42. The molecule has 2 atom stereocenters. The largest absolute Gasteiger partial charge is 0.393 e. The quantitative estimate of drug-likeness (QED) is 0.923. The maximum atomic E-state index is 12.7.